The van der Waals surface area contributed by atoms with Crippen LogP contribution >= 0.6 is 0 Å². The first-order valence-electron chi connectivity index (χ1n) is 15.4. The van der Waals surface area contributed by atoms with E-state index in [0.29, 0.717) is 0 Å². The molecule has 1 heterocycles. The number of ketones is 2. The van der Waals surface area contributed by atoms with Crippen LogP contribution < -0.4 is 20.9 Å². The fourth-order valence-electron chi connectivity index (χ4n) is 5.79. The molecule has 0 radical (unpaired) electrons. The standard InChI is InChI=1S/C35H37N3O11/c1-16-23(49-34-33(46-12-11-38-35(36)37)32(45)29(42)17(2)47-34)14-22-27(28(16)41)31(44)25-20(15-39)13-24(48-18(3)40)21(26(25)30(22)43)10-9-19-7-5-4-6-8-19/h4-10,13-14,17,29,32-34,39,41-42,45H,11-12,15H2,1-3H3,(H4,36,37,38)/t17-,29+,32+,33+,34-/m0/s1. The number of carbonyl (C=O) groups is 3. The lowest BCUT2D eigenvalue weighted by atomic mass is 9.78. The fourth-order valence-corrected chi connectivity index (χ4v) is 5.79. The molecule has 258 valence electrons. The number of guanidine groups is 1. The number of nitrogens with two attached hydrogens (primary N) is 2. The topological polar surface area (TPSA) is 233 Å². The summed E-state index contributed by atoms with van der Waals surface area (Å²) in [5.74, 6) is -3.03. The van der Waals surface area contributed by atoms with E-state index in [1.54, 1.807) is 6.08 Å². The third-order valence-electron chi connectivity index (χ3n) is 8.23. The van der Waals surface area contributed by atoms with Crippen molar-refractivity contribution in [3.05, 3.63) is 87.0 Å². The minimum Gasteiger partial charge on any atom is -0.507 e. The zero-order valence-electron chi connectivity index (χ0n) is 27.0. The molecule has 8 N–H and O–H groups in total. The van der Waals surface area contributed by atoms with Crippen LogP contribution in [0.2, 0.25) is 0 Å². The van der Waals surface area contributed by atoms with Gasteiger partial charge in [0.25, 0.3) is 0 Å². The summed E-state index contributed by atoms with van der Waals surface area (Å²) in [6.07, 6.45) is -3.13. The van der Waals surface area contributed by atoms with Crippen molar-refractivity contribution in [3.8, 4) is 17.2 Å². The lowest BCUT2D eigenvalue weighted by molar-refractivity contribution is -0.278. The summed E-state index contributed by atoms with van der Waals surface area (Å²) < 4.78 is 23.1. The maximum atomic E-state index is 14.4. The van der Waals surface area contributed by atoms with Gasteiger partial charge in [0.1, 0.15) is 35.6 Å². The molecule has 2 aliphatic rings. The number of benzene rings is 3. The predicted molar refractivity (Wildman–Crippen MR) is 176 cm³/mol. The molecule has 3 aromatic rings. The van der Waals surface area contributed by atoms with E-state index in [2.05, 4.69) is 4.99 Å². The predicted octanol–water partition coefficient (Wildman–Crippen LogP) is 1.57. The Morgan fingerprint density at radius 1 is 1.00 bits per heavy atom. The highest BCUT2D eigenvalue weighted by Crippen LogP contribution is 2.44. The molecule has 0 unspecified atom stereocenters. The molecule has 0 amide bonds. The first kappa shape index (κ1) is 35.2. The van der Waals surface area contributed by atoms with Crippen LogP contribution in [0.4, 0.5) is 0 Å². The number of aliphatic imine (C=N–C) groups is 1. The number of fused-ring (bicyclic) bond motifs is 2. The number of phenolic OH excluding ortho intramolecular Hbond substituents is 1. The number of phenols is 1. The zero-order chi connectivity index (χ0) is 35.6. The molecule has 1 aliphatic heterocycles. The van der Waals surface area contributed by atoms with E-state index in [9.17, 15) is 34.8 Å². The molecule has 1 aliphatic carbocycles. The monoisotopic (exact) mass is 675 g/mol. The van der Waals surface area contributed by atoms with Crippen molar-refractivity contribution in [2.24, 2.45) is 16.5 Å². The second-order valence-corrected chi connectivity index (χ2v) is 11.6. The van der Waals surface area contributed by atoms with E-state index in [-0.39, 0.29) is 69.6 Å². The van der Waals surface area contributed by atoms with Gasteiger partial charge in [0.2, 0.25) is 6.29 Å². The van der Waals surface area contributed by atoms with Gasteiger partial charge in [-0.25, -0.2) is 0 Å². The fraction of sp³-hybridized carbons (Fsp3) is 0.314. The molecule has 0 aromatic heterocycles. The molecular formula is C35H37N3O11. The molecule has 5 atom stereocenters. The Balaban J connectivity index is 1.61. The van der Waals surface area contributed by atoms with Crippen LogP contribution in [-0.4, -0.2) is 87.8 Å². The van der Waals surface area contributed by atoms with Gasteiger partial charge in [-0.15, -0.1) is 0 Å². The molecule has 1 fully saturated rings. The van der Waals surface area contributed by atoms with Gasteiger partial charge in [-0.2, -0.15) is 0 Å². The van der Waals surface area contributed by atoms with E-state index in [1.807, 2.05) is 30.3 Å². The van der Waals surface area contributed by atoms with E-state index in [0.717, 1.165) is 5.56 Å². The van der Waals surface area contributed by atoms with Gasteiger partial charge in [-0.3, -0.25) is 19.4 Å². The lowest BCUT2D eigenvalue weighted by Gasteiger charge is -2.41. The van der Waals surface area contributed by atoms with Gasteiger partial charge in [0, 0.05) is 34.7 Å². The zero-order valence-corrected chi connectivity index (χ0v) is 27.0. The van der Waals surface area contributed by atoms with Gasteiger partial charge in [0.05, 0.1) is 31.4 Å². The molecule has 1 saturated heterocycles. The third-order valence-corrected chi connectivity index (χ3v) is 8.23. The first-order chi connectivity index (χ1) is 23.3. The highest BCUT2D eigenvalue weighted by Gasteiger charge is 2.46. The van der Waals surface area contributed by atoms with Gasteiger partial charge in [-0.1, -0.05) is 36.4 Å². The third kappa shape index (κ3) is 7.04. The highest BCUT2D eigenvalue weighted by atomic mass is 16.7. The van der Waals surface area contributed by atoms with E-state index < -0.39 is 60.6 Å². The summed E-state index contributed by atoms with van der Waals surface area (Å²) in [5, 5.41) is 42.9. The Kier molecular flexibility index (Phi) is 10.5. The maximum Gasteiger partial charge on any atom is 0.308 e. The number of hydrogen-bond acceptors (Lipinski definition) is 12. The lowest BCUT2D eigenvalue weighted by Crippen LogP contribution is -2.59. The van der Waals surface area contributed by atoms with E-state index in [1.165, 1.54) is 39.0 Å². The number of aromatic hydroxyl groups is 1. The molecule has 5 rings (SSSR count). The molecule has 0 saturated carbocycles. The van der Waals surface area contributed by atoms with E-state index >= 15 is 0 Å². The average molecular weight is 676 g/mol. The second-order valence-electron chi connectivity index (χ2n) is 11.6. The Bertz CT molecular complexity index is 1840. The number of rotatable bonds is 10. The van der Waals surface area contributed by atoms with Crippen molar-refractivity contribution in [1.29, 1.82) is 0 Å². The first-order valence-corrected chi connectivity index (χ1v) is 15.4. The minimum absolute atomic E-state index is 0.0161. The quantitative estimate of drug-likeness (QED) is 0.0350. The van der Waals surface area contributed by atoms with Crippen LogP contribution in [0.1, 0.15) is 67.9 Å². The smallest absolute Gasteiger partial charge is 0.308 e. The molecule has 3 aromatic carbocycles. The Labute approximate surface area is 281 Å². The molecule has 14 heteroatoms. The van der Waals surface area contributed by atoms with Crippen molar-refractivity contribution in [2.45, 2.75) is 58.1 Å². The van der Waals surface area contributed by atoms with Crippen molar-refractivity contribution < 1.29 is 53.8 Å². The number of nitrogens with zero attached hydrogens (tertiary/aromatic N) is 1. The van der Waals surface area contributed by atoms with Gasteiger partial charge >= 0.3 is 5.97 Å². The van der Waals surface area contributed by atoms with Crippen LogP contribution in [0.15, 0.2) is 47.5 Å². The number of aliphatic hydroxyl groups is 3. The molecular weight excluding hydrogens is 638 g/mol. The number of hydrogen-bond donors (Lipinski definition) is 6. The summed E-state index contributed by atoms with van der Waals surface area (Å²) in [6, 6.07) is 11.6. The van der Waals surface area contributed by atoms with Crippen LogP contribution in [-0.2, 0) is 20.9 Å². The SMILES string of the molecule is CC(=O)Oc1cc(CO)c2c(c1C=Cc1ccccc1)C(=O)c1cc(O[C@@H]3O[C@@H](C)[C@@H](O)[C@@H](O)[C@H]3OCCN=C(N)N)c(C)c(O)c1C2=O. The Morgan fingerprint density at radius 3 is 2.37 bits per heavy atom. The molecule has 0 bridgehead atoms. The van der Waals surface area contributed by atoms with Crippen LogP contribution in [0, 0.1) is 6.92 Å². The highest BCUT2D eigenvalue weighted by molar-refractivity contribution is 6.31. The van der Waals surface area contributed by atoms with Crippen molar-refractivity contribution in [2.75, 3.05) is 13.2 Å². The summed E-state index contributed by atoms with van der Waals surface area (Å²) in [4.78, 5) is 44.4. The van der Waals surface area contributed by atoms with Gasteiger partial charge < -0.3 is 50.8 Å². The summed E-state index contributed by atoms with van der Waals surface area (Å²) in [5.41, 5.74) is 10.8. The minimum atomic E-state index is -1.47. The summed E-state index contributed by atoms with van der Waals surface area (Å²) >= 11 is 0. The number of aliphatic hydroxyl groups excluding tert-OH is 3. The maximum absolute atomic E-state index is 14.4. The average Bonchev–Trinajstić information content (AvgIpc) is 3.06. The van der Waals surface area contributed by atoms with Crippen molar-refractivity contribution in [1.82, 2.24) is 0 Å². The van der Waals surface area contributed by atoms with Gasteiger partial charge in [-0.05, 0) is 43.2 Å². The van der Waals surface area contributed by atoms with Crippen molar-refractivity contribution in [3.63, 3.8) is 0 Å². The number of carbonyl (C=O) groups excluding carboxylic acids is 3. The summed E-state index contributed by atoms with van der Waals surface area (Å²) in [6.45, 7) is 3.42. The van der Waals surface area contributed by atoms with Crippen LogP contribution in [0.3, 0.4) is 0 Å². The number of ether oxygens (including phenoxy) is 4. The number of esters is 1. The van der Waals surface area contributed by atoms with E-state index in [4.69, 9.17) is 30.4 Å². The van der Waals surface area contributed by atoms with Crippen molar-refractivity contribution >= 4 is 35.6 Å². The molecule has 14 nitrogen and oxygen atoms in total. The molecule has 49 heavy (non-hydrogen) atoms. The largest absolute Gasteiger partial charge is 0.507 e. The van der Waals surface area contributed by atoms with Gasteiger partial charge in [0.15, 0.2) is 17.5 Å². The second kappa shape index (κ2) is 14.6. The Hall–Kier alpha value is -5.12. The van der Waals surface area contributed by atoms with Crippen LogP contribution in [0.25, 0.3) is 12.2 Å². The summed E-state index contributed by atoms with van der Waals surface area (Å²) in [7, 11) is 0. The Morgan fingerprint density at radius 2 is 1.71 bits per heavy atom. The molecule has 0 spiro atoms. The van der Waals surface area contributed by atoms with Crippen LogP contribution in [0.5, 0.6) is 17.2 Å². The normalized spacial score (nSPS) is 21.6.